The maximum Gasteiger partial charge on any atom is 0.313 e. The zero-order chi connectivity index (χ0) is 13.4. The summed E-state index contributed by atoms with van der Waals surface area (Å²) >= 11 is 0. The first-order chi connectivity index (χ1) is 8.65. The highest BCUT2D eigenvalue weighted by atomic mass is 32.2. The molecule has 18 heavy (non-hydrogen) atoms. The molecule has 1 rings (SSSR count). The molecule has 0 fully saturated rings. The molecule has 0 N–H and O–H groups in total. The molecule has 0 aliphatic rings. The Hall–Kier alpha value is -0.960. The molecule has 0 aromatic heterocycles. The van der Waals surface area contributed by atoms with Gasteiger partial charge in [-0.2, -0.15) is 0 Å². The lowest BCUT2D eigenvalue weighted by molar-refractivity contribution is -0.145. The first-order valence-electron chi connectivity index (χ1n) is 6.41. The van der Waals surface area contributed by atoms with Crippen LogP contribution < -0.4 is 0 Å². The zero-order valence-electron chi connectivity index (χ0n) is 11.5. The summed E-state index contributed by atoms with van der Waals surface area (Å²) in [5, 5.41) is 0. The van der Waals surface area contributed by atoms with Crippen LogP contribution in [0.5, 0.6) is 0 Å². The molecule has 1 aromatic rings. The van der Waals surface area contributed by atoms with Crippen molar-refractivity contribution in [1.82, 2.24) is 0 Å². The van der Waals surface area contributed by atoms with E-state index in [9.17, 15) is 4.79 Å². The summed E-state index contributed by atoms with van der Waals surface area (Å²) in [5.41, 5.74) is 1.07. The van der Waals surface area contributed by atoms with Gasteiger partial charge in [-0.05, 0) is 22.9 Å². The summed E-state index contributed by atoms with van der Waals surface area (Å²) in [6.07, 6.45) is 6.16. The van der Waals surface area contributed by atoms with E-state index in [1.807, 2.05) is 30.3 Å². The SMILES string of the molecule is CCCC(C(=O)OCC[S+](C)C)c1ccccc1. The van der Waals surface area contributed by atoms with Crippen molar-refractivity contribution in [2.45, 2.75) is 25.7 Å². The summed E-state index contributed by atoms with van der Waals surface area (Å²) in [6.45, 7) is 2.64. The predicted octanol–water partition coefficient (Wildman–Crippen LogP) is 2.99. The van der Waals surface area contributed by atoms with Crippen LogP contribution in [0.4, 0.5) is 0 Å². The van der Waals surface area contributed by atoms with E-state index in [1.165, 1.54) is 0 Å². The van der Waals surface area contributed by atoms with Crippen molar-refractivity contribution >= 4 is 16.9 Å². The van der Waals surface area contributed by atoms with E-state index in [0.29, 0.717) is 17.5 Å². The fourth-order valence-corrected chi connectivity index (χ4v) is 2.22. The van der Waals surface area contributed by atoms with Crippen molar-refractivity contribution in [2.75, 3.05) is 24.9 Å². The molecule has 0 heterocycles. The molecule has 0 aliphatic heterocycles. The summed E-state index contributed by atoms with van der Waals surface area (Å²) in [5.74, 6) is 0.777. The molecule has 3 heteroatoms. The number of esters is 1. The van der Waals surface area contributed by atoms with Crippen LogP contribution in [0.2, 0.25) is 0 Å². The van der Waals surface area contributed by atoms with Crippen LogP contribution in [0.15, 0.2) is 30.3 Å². The van der Waals surface area contributed by atoms with Crippen molar-refractivity contribution in [3.8, 4) is 0 Å². The Bertz CT molecular complexity index is 349. The number of carbonyl (C=O) groups excluding carboxylic acids is 1. The topological polar surface area (TPSA) is 26.3 Å². The highest BCUT2D eigenvalue weighted by molar-refractivity contribution is 7.95. The first kappa shape index (κ1) is 15.1. The smallest absolute Gasteiger partial charge is 0.313 e. The highest BCUT2D eigenvalue weighted by Crippen LogP contribution is 2.22. The van der Waals surface area contributed by atoms with E-state index in [1.54, 1.807) is 0 Å². The average molecular weight is 267 g/mol. The molecule has 100 valence electrons. The van der Waals surface area contributed by atoms with Crippen LogP contribution in [0, 0.1) is 0 Å². The fourth-order valence-electron chi connectivity index (χ4n) is 1.80. The van der Waals surface area contributed by atoms with Crippen LogP contribution in [0.1, 0.15) is 31.2 Å². The first-order valence-corrected chi connectivity index (χ1v) is 8.62. The molecule has 0 spiro atoms. The Morgan fingerprint density at radius 2 is 1.94 bits per heavy atom. The monoisotopic (exact) mass is 267 g/mol. The second-order valence-electron chi connectivity index (χ2n) is 4.61. The number of rotatable bonds is 7. The van der Waals surface area contributed by atoms with E-state index in [2.05, 4.69) is 19.4 Å². The van der Waals surface area contributed by atoms with Gasteiger partial charge in [0.1, 0.15) is 12.4 Å². The van der Waals surface area contributed by atoms with Crippen LogP contribution in [-0.2, 0) is 20.4 Å². The van der Waals surface area contributed by atoms with Crippen LogP contribution in [0.25, 0.3) is 0 Å². The van der Waals surface area contributed by atoms with E-state index in [4.69, 9.17) is 4.74 Å². The van der Waals surface area contributed by atoms with Gasteiger partial charge in [-0.15, -0.1) is 0 Å². The molecule has 0 radical (unpaired) electrons. The van der Waals surface area contributed by atoms with Gasteiger partial charge in [-0.1, -0.05) is 43.7 Å². The normalized spacial score (nSPS) is 12.4. The number of hydrogen-bond donors (Lipinski definition) is 0. The molecule has 1 atom stereocenters. The molecule has 1 unspecified atom stereocenters. The fraction of sp³-hybridized carbons (Fsp3) is 0.533. The quantitative estimate of drug-likeness (QED) is 0.561. The summed E-state index contributed by atoms with van der Waals surface area (Å²) < 4.78 is 5.39. The average Bonchev–Trinajstić information content (AvgIpc) is 2.36. The minimum atomic E-state index is -0.105. The number of carbonyl (C=O) groups is 1. The molecule has 1 aromatic carbocycles. The maximum absolute atomic E-state index is 12.1. The van der Waals surface area contributed by atoms with E-state index < -0.39 is 0 Å². The molecular weight excluding hydrogens is 244 g/mol. The van der Waals surface area contributed by atoms with Crippen molar-refractivity contribution in [3.05, 3.63) is 35.9 Å². The lowest BCUT2D eigenvalue weighted by Crippen LogP contribution is -2.19. The van der Waals surface area contributed by atoms with E-state index in [-0.39, 0.29) is 11.9 Å². The largest absolute Gasteiger partial charge is 0.460 e. The van der Waals surface area contributed by atoms with Crippen LogP contribution >= 0.6 is 0 Å². The Balaban J connectivity index is 2.59. The van der Waals surface area contributed by atoms with Crippen molar-refractivity contribution < 1.29 is 9.53 Å². The maximum atomic E-state index is 12.1. The zero-order valence-corrected chi connectivity index (χ0v) is 12.3. The van der Waals surface area contributed by atoms with Gasteiger partial charge in [0, 0.05) is 0 Å². The van der Waals surface area contributed by atoms with Crippen LogP contribution in [0.3, 0.4) is 0 Å². The second-order valence-corrected chi connectivity index (χ2v) is 6.99. The van der Waals surface area contributed by atoms with Crippen LogP contribution in [-0.4, -0.2) is 30.8 Å². The standard InChI is InChI=1S/C15H23O2S/c1-4-8-14(13-9-6-5-7-10-13)15(16)17-11-12-18(2)3/h5-7,9-10,14H,4,8,11-12H2,1-3H3/q+1. The van der Waals surface area contributed by atoms with Gasteiger partial charge >= 0.3 is 5.97 Å². The Morgan fingerprint density at radius 1 is 1.28 bits per heavy atom. The van der Waals surface area contributed by atoms with Crippen molar-refractivity contribution in [1.29, 1.82) is 0 Å². The third kappa shape index (κ3) is 5.13. The summed E-state index contributed by atoms with van der Waals surface area (Å²) in [7, 11) is 0.329. The van der Waals surface area contributed by atoms with Gasteiger partial charge in [-0.3, -0.25) is 4.79 Å². The predicted molar refractivity (Wildman–Crippen MR) is 79.1 cm³/mol. The van der Waals surface area contributed by atoms with Gasteiger partial charge in [0.25, 0.3) is 0 Å². The molecule has 2 nitrogen and oxygen atoms in total. The third-order valence-electron chi connectivity index (χ3n) is 2.80. The number of hydrogen-bond acceptors (Lipinski definition) is 2. The van der Waals surface area contributed by atoms with E-state index >= 15 is 0 Å². The molecule has 0 saturated heterocycles. The van der Waals surface area contributed by atoms with Gasteiger partial charge in [0.05, 0.1) is 18.4 Å². The second kappa shape index (κ2) is 8.20. The summed E-state index contributed by atoms with van der Waals surface area (Å²) in [4.78, 5) is 12.1. The number of ether oxygens (including phenoxy) is 1. The minimum Gasteiger partial charge on any atom is -0.460 e. The van der Waals surface area contributed by atoms with Gasteiger partial charge in [-0.25, -0.2) is 0 Å². The Morgan fingerprint density at radius 3 is 2.50 bits per heavy atom. The molecule has 0 bridgehead atoms. The molecule has 0 saturated carbocycles. The minimum absolute atomic E-state index is 0.0755. The summed E-state index contributed by atoms with van der Waals surface area (Å²) in [6, 6.07) is 9.93. The van der Waals surface area contributed by atoms with Crippen molar-refractivity contribution in [3.63, 3.8) is 0 Å². The van der Waals surface area contributed by atoms with Gasteiger partial charge in [0.2, 0.25) is 0 Å². The Kier molecular flexibility index (Phi) is 6.88. The highest BCUT2D eigenvalue weighted by Gasteiger charge is 2.21. The molecule has 0 amide bonds. The number of benzene rings is 1. The lowest BCUT2D eigenvalue weighted by atomic mass is 9.95. The molecule has 0 aliphatic carbocycles. The molecular formula is C15H23O2S+. The Labute approximate surface area is 113 Å². The lowest BCUT2D eigenvalue weighted by Gasteiger charge is -2.15. The van der Waals surface area contributed by atoms with E-state index in [0.717, 1.165) is 24.2 Å². The van der Waals surface area contributed by atoms with Crippen molar-refractivity contribution in [2.24, 2.45) is 0 Å². The van der Waals surface area contributed by atoms with Gasteiger partial charge < -0.3 is 4.74 Å². The third-order valence-corrected chi connectivity index (χ3v) is 3.78. The van der Waals surface area contributed by atoms with Gasteiger partial charge in [0.15, 0.2) is 0 Å².